The van der Waals surface area contributed by atoms with Crippen LogP contribution in [0.5, 0.6) is 0 Å². The Kier molecular flexibility index (Phi) is 11.3. The van der Waals surface area contributed by atoms with Crippen LogP contribution < -0.4 is 16.0 Å². The van der Waals surface area contributed by atoms with Gasteiger partial charge in [-0.25, -0.2) is 0 Å². The van der Waals surface area contributed by atoms with Crippen molar-refractivity contribution in [2.45, 2.75) is 135 Å². The Balaban J connectivity index is 1.38. The quantitative estimate of drug-likeness (QED) is 0.275. The van der Waals surface area contributed by atoms with Gasteiger partial charge in [-0.2, -0.15) is 0 Å². The van der Waals surface area contributed by atoms with Crippen LogP contribution in [0.15, 0.2) is 28.1 Å². The average Bonchev–Trinajstić information content (AvgIpc) is 3.63. The number of halogens is 1. The van der Waals surface area contributed by atoms with Crippen molar-refractivity contribution in [2.75, 3.05) is 6.54 Å². The summed E-state index contributed by atoms with van der Waals surface area (Å²) in [6.07, 6.45) is 12.0. The molecule has 2 saturated carbocycles. The molecule has 4 amide bonds. The molecule has 3 fully saturated rings. The van der Waals surface area contributed by atoms with E-state index in [0.29, 0.717) is 30.9 Å². The van der Waals surface area contributed by atoms with Crippen molar-refractivity contribution in [3.63, 3.8) is 0 Å². The molecule has 1 saturated heterocycles. The summed E-state index contributed by atoms with van der Waals surface area (Å²) in [4.78, 5) is 79.6. The molecule has 3 N–H and O–H groups in total. The minimum absolute atomic E-state index is 0.000893. The second-order valence-electron chi connectivity index (χ2n) is 15.1. The molecule has 4 atom stereocenters. The summed E-state index contributed by atoms with van der Waals surface area (Å²) >= 11 is 3.45. The molecule has 4 aliphatic rings. The van der Waals surface area contributed by atoms with Crippen molar-refractivity contribution in [1.29, 1.82) is 0 Å². The van der Waals surface area contributed by atoms with Gasteiger partial charge >= 0.3 is 0 Å². The van der Waals surface area contributed by atoms with E-state index in [4.69, 9.17) is 4.84 Å². The predicted octanol–water partition coefficient (Wildman–Crippen LogP) is 3.94. The maximum atomic E-state index is 14.5. The molecule has 0 aromatic carbocycles. The van der Waals surface area contributed by atoms with E-state index in [1.807, 2.05) is 33.8 Å². The zero-order chi connectivity index (χ0) is 34.6. The van der Waals surface area contributed by atoms with Crippen molar-refractivity contribution < 1.29 is 28.8 Å². The molecule has 2 aliphatic heterocycles. The molecule has 0 radical (unpaired) electrons. The van der Waals surface area contributed by atoms with Crippen LogP contribution in [0.2, 0.25) is 0 Å². The second kappa shape index (κ2) is 15.0. The molecule has 0 bridgehead atoms. The summed E-state index contributed by atoms with van der Waals surface area (Å²) in [6.45, 7) is 7.59. The van der Waals surface area contributed by atoms with Gasteiger partial charge in [0.25, 0.3) is 5.91 Å². The molecule has 48 heavy (non-hydrogen) atoms. The van der Waals surface area contributed by atoms with Gasteiger partial charge in [0.1, 0.15) is 12.1 Å². The Morgan fingerprint density at radius 2 is 1.79 bits per heavy atom. The van der Waals surface area contributed by atoms with Crippen LogP contribution in [-0.2, 0) is 28.8 Å². The van der Waals surface area contributed by atoms with Gasteiger partial charge in [-0.3, -0.25) is 29.0 Å². The number of nitrogens with one attached hydrogen (secondary N) is 3. The lowest BCUT2D eigenvalue weighted by Crippen LogP contribution is -2.59. The Hall–Kier alpha value is -3.35. The zero-order valence-electron chi connectivity index (χ0n) is 28.5. The number of Topliss-reactive ketones (excluding diaryl/α,β-unsaturated/α-hetero) is 1. The Bertz CT molecular complexity index is 1430. The highest BCUT2D eigenvalue weighted by Gasteiger charge is 2.55. The lowest BCUT2D eigenvalue weighted by atomic mass is 9.84. The summed E-state index contributed by atoms with van der Waals surface area (Å²) in [5.74, 6) is -2.24. The molecular formula is C35H49BrN6O6. The molecule has 262 valence electrons. The topological polar surface area (TPSA) is 159 Å². The van der Waals surface area contributed by atoms with Gasteiger partial charge < -0.3 is 25.7 Å². The monoisotopic (exact) mass is 728 g/mol. The minimum Gasteiger partial charge on any atom is -0.387 e. The first kappa shape index (κ1) is 35.9. The van der Waals surface area contributed by atoms with Gasteiger partial charge in [-0.15, -0.1) is 0 Å². The number of nitrogens with zero attached hydrogens (tertiary/aromatic N) is 3. The molecule has 1 spiro atoms. The molecule has 1 aromatic heterocycles. The van der Waals surface area contributed by atoms with Gasteiger partial charge in [-0.05, 0) is 65.4 Å². The first-order valence-corrected chi connectivity index (χ1v) is 18.2. The van der Waals surface area contributed by atoms with E-state index in [1.54, 1.807) is 12.4 Å². The largest absolute Gasteiger partial charge is 0.387 e. The molecule has 5 rings (SSSR count). The van der Waals surface area contributed by atoms with Crippen LogP contribution in [0.3, 0.4) is 0 Å². The van der Waals surface area contributed by atoms with Crippen LogP contribution in [0, 0.1) is 11.3 Å². The first-order valence-electron chi connectivity index (χ1n) is 17.4. The summed E-state index contributed by atoms with van der Waals surface area (Å²) < 4.78 is 0.776. The highest BCUT2D eigenvalue weighted by molar-refractivity contribution is 9.10. The molecule has 1 aromatic rings. The van der Waals surface area contributed by atoms with Gasteiger partial charge in [-0.1, -0.05) is 58.5 Å². The maximum absolute atomic E-state index is 14.5. The summed E-state index contributed by atoms with van der Waals surface area (Å²) in [5.41, 5.74) is -0.277. The number of aromatic nitrogens is 1. The Labute approximate surface area is 291 Å². The third-order valence-corrected chi connectivity index (χ3v) is 10.3. The van der Waals surface area contributed by atoms with E-state index in [9.17, 15) is 24.0 Å². The number of carbonyl (C=O) groups is 5. The number of likely N-dealkylation sites (tertiary alicyclic amines) is 1. The highest BCUT2D eigenvalue weighted by Crippen LogP contribution is 2.40. The lowest BCUT2D eigenvalue weighted by molar-refractivity contribution is -0.145. The van der Waals surface area contributed by atoms with E-state index in [2.05, 4.69) is 42.0 Å². The summed E-state index contributed by atoms with van der Waals surface area (Å²) in [7, 11) is 0. The fourth-order valence-electron chi connectivity index (χ4n) is 7.01. The fourth-order valence-corrected chi connectivity index (χ4v) is 7.37. The number of pyridine rings is 1. The number of carbonyl (C=O) groups excluding carboxylic acids is 5. The van der Waals surface area contributed by atoms with Crippen molar-refractivity contribution in [3.8, 4) is 0 Å². The Morgan fingerprint density at radius 1 is 1.06 bits per heavy atom. The standard InChI is InChI=1S/C35H49BrN6O6/c1-5-9-25(29(44)32(46)38-24-12-13-24)39-31(45)27-17-35(16-26(41-48-35)22-15-23(36)19-37-18-22)20-42(27)33(47)30(34(2,3)4)40-28(43)14-21-10-7-6-8-11-21/h15,18-19,21,24-25,27,30H,5-14,16-17,20H2,1-4H3,(H,38,46)(H,39,45)(H,40,43)/t25-,27-,30+,35+/m0/s1. The van der Waals surface area contributed by atoms with E-state index in [-0.39, 0.29) is 31.3 Å². The van der Waals surface area contributed by atoms with Crippen LogP contribution in [0.25, 0.3) is 0 Å². The third kappa shape index (κ3) is 8.81. The Morgan fingerprint density at radius 3 is 2.44 bits per heavy atom. The highest BCUT2D eigenvalue weighted by atomic mass is 79.9. The van der Waals surface area contributed by atoms with Gasteiger partial charge in [0.2, 0.25) is 23.5 Å². The summed E-state index contributed by atoms with van der Waals surface area (Å²) in [5, 5.41) is 12.9. The first-order chi connectivity index (χ1) is 22.8. The molecular weight excluding hydrogens is 680 g/mol. The number of hydrogen-bond donors (Lipinski definition) is 3. The van der Waals surface area contributed by atoms with E-state index in [0.717, 1.165) is 48.6 Å². The van der Waals surface area contributed by atoms with Crippen molar-refractivity contribution in [2.24, 2.45) is 16.5 Å². The lowest BCUT2D eigenvalue weighted by Gasteiger charge is -2.36. The van der Waals surface area contributed by atoms with E-state index < -0.39 is 52.6 Å². The normalized spacial score (nSPS) is 24.0. The maximum Gasteiger partial charge on any atom is 0.289 e. The van der Waals surface area contributed by atoms with E-state index >= 15 is 0 Å². The molecule has 13 heteroatoms. The van der Waals surface area contributed by atoms with Crippen molar-refractivity contribution in [1.82, 2.24) is 25.8 Å². The summed E-state index contributed by atoms with van der Waals surface area (Å²) in [6, 6.07) is -1.09. The number of rotatable bonds is 12. The average molecular weight is 730 g/mol. The van der Waals surface area contributed by atoms with Gasteiger partial charge in [0, 0.05) is 47.7 Å². The SMILES string of the molecule is CCC[C@H](NC(=O)[C@@H]1C[C@]2(CC(c3cncc(Br)c3)=NO2)CN1C(=O)[C@@H](NC(=O)CC1CCCCC1)C(C)(C)C)C(=O)C(=O)NC1CC1. The van der Waals surface area contributed by atoms with E-state index in [1.165, 1.54) is 11.3 Å². The minimum atomic E-state index is -1.03. The number of ketones is 1. The smallest absolute Gasteiger partial charge is 0.289 e. The predicted molar refractivity (Wildman–Crippen MR) is 183 cm³/mol. The van der Waals surface area contributed by atoms with Crippen LogP contribution in [0.1, 0.15) is 110 Å². The van der Waals surface area contributed by atoms with Crippen LogP contribution >= 0.6 is 15.9 Å². The molecule has 3 heterocycles. The number of hydrogen-bond acceptors (Lipinski definition) is 8. The van der Waals surface area contributed by atoms with Crippen molar-refractivity contribution >= 4 is 51.1 Å². The zero-order valence-corrected chi connectivity index (χ0v) is 30.1. The second-order valence-corrected chi connectivity index (χ2v) is 16.0. The third-order valence-electron chi connectivity index (χ3n) is 9.83. The number of oxime groups is 1. The van der Waals surface area contributed by atoms with Crippen LogP contribution in [-0.4, -0.2) is 81.3 Å². The van der Waals surface area contributed by atoms with Crippen molar-refractivity contribution in [3.05, 3.63) is 28.5 Å². The molecule has 2 aliphatic carbocycles. The molecule has 12 nitrogen and oxygen atoms in total. The van der Waals surface area contributed by atoms with Gasteiger partial charge in [0.15, 0.2) is 5.60 Å². The molecule has 0 unspecified atom stereocenters. The van der Waals surface area contributed by atoms with Gasteiger partial charge in [0.05, 0.1) is 18.3 Å². The number of amides is 4. The van der Waals surface area contributed by atoms with Crippen LogP contribution in [0.4, 0.5) is 0 Å². The fraction of sp³-hybridized carbons (Fsp3) is 0.686.